The largest absolute Gasteiger partial charge is 0.354 e. The molecular formula is C22H28FN3O. The maximum Gasteiger partial charge on any atom is 0.227 e. The number of piperidine rings is 1. The van der Waals surface area contributed by atoms with Crippen LogP contribution in [0.15, 0.2) is 48.8 Å². The van der Waals surface area contributed by atoms with E-state index < -0.39 is 0 Å². The average molecular weight is 369 g/mol. The maximum atomic E-state index is 13.3. The topological polar surface area (TPSA) is 45.2 Å². The number of hydrogen-bond acceptors (Lipinski definition) is 3. The molecule has 1 aliphatic rings. The first-order chi connectivity index (χ1) is 13.1. The molecule has 0 aliphatic carbocycles. The lowest BCUT2D eigenvalue weighted by Gasteiger charge is -2.32. The number of likely N-dealkylation sites (tertiary alicyclic amines) is 1. The summed E-state index contributed by atoms with van der Waals surface area (Å²) in [5.74, 6) is -0.671. The molecule has 4 nitrogen and oxygen atoms in total. The van der Waals surface area contributed by atoms with E-state index >= 15 is 0 Å². The predicted molar refractivity (Wildman–Crippen MR) is 105 cm³/mol. The van der Waals surface area contributed by atoms with Crippen molar-refractivity contribution in [2.45, 2.75) is 44.6 Å². The number of aromatic nitrogens is 1. The van der Waals surface area contributed by atoms with Gasteiger partial charge in [-0.1, -0.05) is 24.6 Å². The van der Waals surface area contributed by atoms with Crippen molar-refractivity contribution in [3.63, 3.8) is 0 Å². The predicted octanol–water partition coefficient (Wildman–Crippen LogP) is 3.54. The summed E-state index contributed by atoms with van der Waals surface area (Å²) in [4.78, 5) is 19.6. The molecule has 1 aliphatic heterocycles. The number of nitrogens with one attached hydrogen (secondary N) is 1. The third-order valence-corrected chi connectivity index (χ3v) is 5.34. The monoisotopic (exact) mass is 369 g/mol. The zero-order chi connectivity index (χ0) is 19.1. The molecule has 2 aromatic rings. The number of carbonyl (C=O) groups is 1. The van der Waals surface area contributed by atoms with Gasteiger partial charge in [0, 0.05) is 25.0 Å². The standard InChI is InChI=1S/C22H28FN3O/c1-17(26-12-3-2-4-13-26)15-25-22(27)21(14-18-6-5-11-24-16-18)19-7-9-20(23)10-8-19/h5-11,16-17,21H,2-4,12-15H2,1H3,(H,25,27). The van der Waals surface area contributed by atoms with Crippen LogP contribution >= 0.6 is 0 Å². The van der Waals surface area contributed by atoms with Crippen molar-refractivity contribution in [1.82, 2.24) is 15.2 Å². The molecule has 1 aromatic carbocycles. The number of hydrogen-bond donors (Lipinski definition) is 1. The second kappa shape index (κ2) is 9.60. The molecule has 2 heterocycles. The van der Waals surface area contributed by atoms with Gasteiger partial charge in [0.2, 0.25) is 5.91 Å². The molecular weight excluding hydrogens is 341 g/mol. The number of rotatable bonds is 7. The van der Waals surface area contributed by atoms with Gasteiger partial charge in [-0.2, -0.15) is 0 Å². The van der Waals surface area contributed by atoms with Gasteiger partial charge in [0.1, 0.15) is 5.82 Å². The molecule has 0 saturated carbocycles. The van der Waals surface area contributed by atoms with E-state index in [1.165, 1.54) is 31.4 Å². The second-order valence-electron chi connectivity index (χ2n) is 7.36. The Balaban J connectivity index is 1.67. The van der Waals surface area contributed by atoms with Crippen molar-refractivity contribution in [1.29, 1.82) is 0 Å². The van der Waals surface area contributed by atoms with Crippen LogP contribution in [-0.4, -0.2) is 41.5 Å². The Morgan fingerprint density at radius 2 is 1.93 bits per heavy atom. The van der Waals surface area contributed by atoms with Crippen molar-refractivity contribution in [3.05, 3.63) is 65.7 Å². The van der Waals surface area contributed by atoms with Crippen LogP contribution in [0, 0.1) is 5.82 Å². The summed E-state index contributed by atoms with van der Waals surface area (Å²) in [5, 5.41) is 3.12. The first kappa shape index (κ1) is 19.5. The fraction of sp³-hybridized carbons (Fsp3) is 0.455. The molecule has 0 bridgehead atoms. The SMILES string of the molecule is CC(CNC(=O)C(Cc1cccnc1)c1ccc(F)cc1)N1CCCCC1. The highest BCUT2D eigenvalue weighted by Crippen LogP contribution is 2.22. The molecule has 0 spiro atoms. The van der Waals surface area contributed by atoms with Crippen LogP contribution in [0.5, 0.6) is 0 Å². The number of halogens is 1. The van der Waals surface area contributed by atoms with Crippen molar-refractivity contribution in [3.8, 4) is 0 Å². The molecule has 0 radical (unpaired) electrons. The minimum absolute atomic E-state index is 0.0191. The van der Waals surface area contributed by atoms with E-state index in [9.17, 15) is 9.18 Å². The van der Waals surface area contributed by atoms with E-state index in [2.05, 4.69) is 22.1 Å². The van der Waals surface area contributed by atoms with Crippen LogP contribution in [-0.2, 0) is 11.2 Å². The Bertz CT molecular complexity index is 714. The smallest absolute Gasteiger partial charge is 0.227 e. The minimum atomic E-state index is -0.358. The fourth-order valence-electron chi connectivity index (χ4n) is 3.67. The van der Waals surface area contributed by atoms with Crippen molar-refractivity contribution < 1.29 is 9.18 Å². The number of nitrogens with zero attached hydrogens (tertiary/aromatic N) is 2. The third kappa shape index (κ3) is 5.60. The van der Waals surface area contributed by atoms with Crippen molar-refractivity contribution >= 4 is 5.91 Å². The normalized spacial score (nSPS) is 17.3. The molecule has 1 saturated heterocycles. The molecule has 2 atom stereocenters. The molecule has 27 heavy (non-hydrogen) atoms. The van der Waals surface area contributed by atoms with Crippen LogP contribution in [0.4, 0.5) is 4.39 Å². The van der Waals surface area contributed by atoms with Gasteiger partial charge in [0.15, 0.2) is 0 Å². The quantitative estimate of drug-likeness (QED) is 0.812. The molecule has 1 fully saturated rings. The molecule has 2 unspecified atom stereocenters. The Hall–Kier alpha value is -2.27. The lowest BCUT2D eigenvalue weighted by Crippen LogP contribution is -2.45. The van der Waals surface area contributed by atoms with Crippen LogP contribution < -0.4 is 5.32 Å². The lowest BCUT2D eigenvalue weighted by atomic mass is 9.91. The van der Waals surface area contributed by atoms with Gasteiger partial charge in [-0.15, -0.1) is 0 Å². The van der Waals surface area contributed by atoms with E-state index in [4.69, 9.17) is 0 Å². The molecule has 144 valence electrons. The van der Waals surface area contributed by atoms with Gasteiger partial charge in [0.05, 0.1) is 5.92 Å². The number of benzene rings is 1. The summed E-state index contributed by atoms with van der Waals surface area (Å²) in [6.07, 6.45) is 7.81. The summed E-state index contributed by atoms with van der Waals surface area (Å²) in [6, 6.07) is 10.4. The Morgan fingerprint density at radius 3 is 2.59 bits per heavy atom. The minimum Gasteiger partial charge on any atom is -0.354 e. The van der Waals surface area contributed by atoms with E-state index in [1.54, 1.807) is 24.5 Å². The summed E-state index contributed by atoms with van der Waals surface area (Å²) in [5.41, 5.74) is 1.81. The summed E-state index contributed by atoms with van der Waals surface area (Å²) in [6.45, 7) is 5.01. The van der Waals surface area contributed by atoms with Crippen LogP contribution in [0.3, 0.4) is 0 Å². The fourth-order valence-corrected chi connectivity index (χ4v) is 3.67. The average Bonchev–Trinajstić information content (AvgIpc) is 2.72. The first-order valence-corrected chi connectivity index (χ1v) is 9.79. The molecule has 1 amide bonds. The van der Waals surface area contributed by atoms with Crippen molar-refractivity contribution in [2.24, 2.45) is 0 Å². The first-order valence-electron chi connectivity index (χ1n) is 9.79. The van der Waals surface area contributed by atoms with E-state index in [0.717, 1.165) is 24.2 Å². The Kier molecular flexibility index (Phi) is 6.93. The van der Waals surface area contributed by atoms with Crippen LogP contribution in [0.1, 0.15) is 43.2 Å². The zero-order valence-corrected chi connectivity index (χ0v) is 15.9. The van der Waals surface area contributed by atoms with Gasteiger partial charge in [-0.05, 0) is 68.6 Å². The Labute approximate surface area is 160 Å². The van der Waals surface area contributed by atoms with Gasteiger partial charge in [-0.3, -0.25) is 14.7 Å². The van der Waals surface area contributed by atoms with E-state index in [0.29, 0.717) is 19.0 Å². The van der Waals surface area contributed by atoms with Crippen LogP contribution in [0.25, 0.3) is 0 Å². The third-order valence-electron chi connectivity index (χ3n) is 5.34. The summed E-state index contributed by atoms with van der Waals surface area (Å²) >= 11 is 0. The lowest BCUT2D eigenvalue weighted by molar-refractivity contribution is -0.122. The second-order valence-corrected chi connectivity index (χ2v) is 7.36. The summed E-state index contributed by atoms with van der Waals surface area (Å²) in [7, 11) is 0. The molecule has 1 aromatic heterocycles. The zero-order valence-electron chi connectivity index (χ0n) is 15.9. The van der Waals surface area contributed by atoms with Gasteiger partial charge >= 0.3 is 0 Å². The number of carbonyl (C=O) groups excluding carboxylic acids is 1. The van der Waals surface area contributed by atoms with Gasteiger partial charge in [0.25, 0.3) is 0 Å². The molecule has 3 rings (SSSR count). The van der Waals surface area contributed by atoms with Crippen LogP contribution in [0.2, 0.25) is 0 Å². The highest BCUT2D eigenvalue weighted by molar-refractivity contribution is 5.84. The summed E-state index contributed by atoms with van der Waals surface area (Å²) < 4.78 is 13.3. The Morgan fingerprint density at radius 1 is 1.19 bits per heavy atom. The van der Waals surface area contributed by atoms with Gasteiger partial charge < -0.3 is 5.32 Å². The number of pyridine rings is 1. The molecule has 1 N–H and O–H groups in total. The number of amides is 1. The van der Waals surface area contributed by atoms with Crippen molar-refractivity contribution in [2.75, 3.05) is 19.6 Å². The highest BCUT2D eigenvalue weighted by Gasteiger charge is 2.23. The highest BCUT2D eigenvalue weighted by atomic mass is 19.1. The maximum absolute atomic E-state index is 13.3. The molecule has 5 heteroatoms. The van der Waals surface area contributed by atoms with Gasteiger partial charge in [-0.25, -0.2) is 4.39 Å². The van der Waals surface area contributed by atoms with E-state index in [1.807, 2.05) is 12.1 Å². The van der Waals surface area contributed by atoms with E-state index in [-0.39, 0.29) is 17.6 Å².